The monoisotopic (exact) mass is 198 g/mol. The zero-order valence-corrected chi connectivity index (χ0v) is 8.22. The maximum absolute atomic E-state index is 11.1. The molecular formula is C8H10N2O2S. The van der Waals surface area contributed by atoms with Crippen LogP contribution < -0.4 is 5.73 Å². The van der Waals surface area contributed by atoms with Gasteiger partial charge in [-0.3, -0.25) is 0 Å². The second-order valence-corrected chi connectivity index (χ2v) is 3.02. The fraction of sp³-hybridized carbons (Fsp3) is 0.250. The standard InChI is InChI=1S/C8H10N2O2S/c1-10-4-5(7(9)13)3-6(10)8(11)12-2/h3-4H,1-2H3,(H2,9,13). The third-order valence-corrected chi connectivity index (χ3v) is 1.92. The lowest BCUT2D eigenvalue weighted by molar-refractivity contribution is 0.0590. The highest BCUT2D eigenvalue weighted by molar-refractivity contribution is 7.80. The third kappa shape index (κ3) is 1.86. The van der Waals surface area contributed by atoms with Gasteiger partial charge in [0.2, 0.25) is 0 Å². The molecular weight excluding hydrogens is 188 g/mol. The summed E-state index contributed by atoms with van der Waals surface area (Å²) >= 11 is 4.77. The first-order chi connectivity index (χ1) is 6.06. The molecule has 0 unspecified atom stereocenters. The number of hydrogen-bond donors (Lipinski definition) is 1. The molecule has 1 rings (SSSR count). The number of ether oxygens (including phenoxy) is 1. The minimum absolute atomic E-state index is 0.269. The Bertz CT molecular complexity index is 357. The number of aryl methyl sites for hydroxylation is 1. The van der Waals surface area contributed by atoms with E-state index >= 15 is 0 Å². The van der Waals surface area contributed by atoms with Crippen LogP contribution in [-0.4, -0.2) is 22.6 Å². The van der Waals surface area contributed by atoms with Gasteiger partial charge < -0.3 is 15.0 Å². The summed E-state index contributed by atoms with van der Waals surface area (Å²) < 4.78 is 6.19. The molecule has 0 aliphatic heterocycles. The minimum atomic E-state index is -0.398. The van der Waals surface area contributed by atoms with Crippen LogP contribution in [0.15, 0.2) is 12.3 Å². The number of hydrogen-bond acceptors (Lipinski definition) is 3. The topological polar surface area (TPSA) is 57.2 Å². The van der Waals surface area contributed by atoms with Gasteiger partial charge in [-0.2, -0.15) is 0 Å². The van der Waals surface area contributed by atoms with E-state index in [2.05, 4.69) is 4.74 Å². The molecule has 0 aromatic carbocycles. The van der Waals surface area contributed by atoms with Crippen molar-refractivity contribution in [3.63, 3.8) is 0 Å². The molecule has 0 aliphatic carbocycles. The number of nitrogens with two attached hydrogens (primary N) is 1. The summed E-state index contributed by atoms with van der Waals surface area (Å²) in [6, 6.07) is 1.61. The van der Waals surface area contributed by atoms with Crippen molar-refractivity contribution in [2.24, 2.45) is 12.8 Å². The number of carbonyl (C=O) groups is 1. The lowest BCUT2D eigenvalue weighted by atomic mass is 10.3. The SMILES string of the molecule is COC(=O)c1cc(C(N)=S)cn1C. The molecule has 0 atom stereocenters. The van der Waals surface area contributed by atoms with E-state index in [1.807, 2.05) is 0 Å². The first kappa shape index (κ1) is 9.73. The zero-order valence-electron chi connectivity index (χ0n) is 7.40. The van der Waals surface area contributed by atoms with Gasteiger partial charge in [-0.25, -0.2) is 4.79 Å². The summed E-state index contributed by atoms with van der Waals surface area (Å²) in [6.07, 6.45) is 1.69. The van der Waals surface area contributed by atoms with E-state index in [-0.39, 0.29) is 4.99 Å². The van der Waals surface area contributed by atoms with Crippen molar-refractivity contribution in [3.05, 3.63) is 23.5 Å². The second kappa shape index (κ2) is 3.57. The van der Waals surface area contributed by atoms with Crippen molar-refractivity contribution < 1.29 is 9.53 Å². The number of esters is 1. The Morgan fingerprint density at radius 3 is 2.69 bits per heavy atom. The Balaban J connectivity index is 3.10. The van der Waals surface area contributed by atoms with Crippen LogP contribution in [-0.2, 0) is 11.8 Å². The molecule has 1 aromatic rings. The summed E-state index contributed by atoms with van der Waals surface area (Å²) in [5, 5.41) is 0. The molecule has 70 valence electrons. The van der Waals surface area contributed by atoms with Crippen LogP contribution in [0.25, 0.3) is 0 Å². The van der Waals surface area contributed by atoms with Gasteiger partial charge in [-0.05, 0) is 6.07 Å². The quantitative estimate of drug-likeness (QED) is 0.553. The molecule has 0 spiro atoms. The van der Waals surface area contributed by atoms with E-state index in [1.54, 1.807) is 23.9 Å². The number of carbonyl (C=O) groups excluding carboxylic acids is 1. The highest BCUT2D eigenvalue weighted by Gasteiger charge is 2.12. The predicted molar refractivity (Wildman–Crippen MR) is 52.6 cm³/mol. The highest BCUT2D eigenvalue weighted by Crippen LogP contribution is 2.08. The second-order valence-electron chi connectivity index (χ2n) is 2.58. The van der Waals surface area contributed by atoms with Crippen molar-refractivity contribution >= 4 is 23.2 Å². The summed E-state index contributed by atoms with van der Waals surface area (Å²) in [7, 11) is 3.06. The van der Waals surface area contributed by atoms with E-state index in [0.29, 0.717) is 11.3 Å². The smallest absolute Gasteiger partial charge is 0.354 e. The molecule has 13 heavy (non-hydrogen) atoms. The zero-order chi connectivity index (χ0) is 10.0. The molecule has 0 saturated carbocycles. The first-order valence-corrected chi connectivity index (χ1v) is 4.01. The number of rotatable bonds is 2. The van der Waals surface area contributed by atoms with Gasteiger partial charge in [-0.1, -0.05) is 12.2 Å². The molecule has 4 nitrogen and oxygen atoms in total. The van der Waals surface area contributed by atoms with E-state index in [1.165, 1.54) is 7.11 Å². The Kier molecular flexibility index (Phi) is 2.67. The number of thiocarbonyl (C=S) groups is 1. The Morgan fingerprint density at radius 1 is 1.69 bits per heavy atom. The lowest BCUT2D eigenvalue weighted by Crippen LogP contribution is -2.07. The molecule has 0 amide bonds. The number of nitrogens with zero attached hydrogens (tertiary/aromatic N) is 1. The van der Waals surface area contributed by atoms with Crippen LogP contribution in [0.5, 0.6) is 0 Å². The average molecular weight is 198 g/mol. The maximum atomic E-state index is 11.1. The van der Waals surface area contributed by atoms with Gasteiger partial charge in [0.15, 0.2) is 0 Å². The van der Waals surface area contributed by atoms with Crippen molar-refractivity contribution in [1.29, 1.82) is 0 Å². The van der Waals surface area contributed by atoms with E-state index in [4.69, 9.17) is 18.0 Å². The number of aromatic nitrogens is 1. The van der Waals surface area contributed by atoms with Crippen molar-refractivity contribution in [3.8, 4) is 0 Å². The summed E-state index contributed by atoms with van der Waals surface area (Å²) in [5.74, 6) is -0.398. The molecule has 5 heteroatoms. The highest BCUT2D eigenvalue weighted by atomic mass is 32.1. The Hall–Kier alpha value is -1.36. The molecule has 0 aliphatic rings. The Morgan fingerprint density at radius 2 is 2.31 bits per heavy atom. The van der Waals surface area contributed by atoms with Gasteiger partial charge in [-0.15, -0.1) is 0 Å². The molecule has 0 radical (unpaired) electrons. The van der Waals surface area contributed by atoms with Crippen LogP contribution in [0.2, 0.25) is 0 Å². The molecule has 2 N–H and O–H groups in total. The van der Waals surface area contributed by atoms with Gasteiger partial charge in [0.05, 0.1) is 7.11 Å². The van der Waals surface area contributed by atoms with Crippen LogP contribution >= 0.6 is 12.2 Å². The van der Waals surface area contributed by atoms with Crippen LogP contribution in [0.1, 0.15) is 16.1 Å². The van der Waals surface area contributed by atoms with Crippen molar-refractivity contribution in [2.75, 3.05) is 7.11 Å². The molecule has 0 bridgehead atoms. The molecule has 1 heterocycles. The fourth-order valence-corrected chi connectivity index (χ4v) is 1.12. The van der Waals surface area contributed by atoms with Gasteiger partial charge in [0, 0.05) is 18.8 Å². The summed E-state index contributed by atoms with van der Waals surface area (Å²) in [4.78, 5) is 11.4. The normalized spacial score (nSPS) is 9.69. The van der Waals surface area contributed by atoms with Crippen molar-refractivity contribution in [2.45, 2.75) is 0 Å². The fourth-order valence-electron chi connectivity index (χ4n) is 1.01. The van der Waals surface area contributed by atoms with Gasteiger partial charge >= 0.3 is 5.97 Å². The first-order valence-electron chi connectivity index (χ1n) is 3.60. The molecule has 0 saturated heterocycles. The largest absolute Gasteiger partial charge is 0.464 e. The predicted octanol–water partition coefficient (Wildman–Crippen LogP) is 0.446. The van der Waals surface area contributed by atoms with Gasteiger partial charge in [0.25, 0.3) is 0 Å². The third-order valence-electron chi connectivity index (χ3n) is 1.68. The van der Waals surface area contributed by atoms with E-state index < -0.39 is 5.97 Å². The van der Waals surface area contributed by atoms with Crippen LogP contribution in [0, 0.1) is 0 Å². The van der Waals surface area contributed by atoms with Crippen LogP contribution in [0.4, 0.5) is 0 Å². The lowest BCUT2D eigenvalue weighted by Gasteiger charge is -1.98. The summed E-state index contributed by atoms with van der Waals surface area (Å²) in [5.41, 5.74) is 6.50. The van der Waals surface area contributed by atoms with Crippen LogP contribution in [0.3, 0.4) is 0 Å². The molecule has 1 aromatic heterocycles. The average Bonchev–Trinajstić information content (AvgIpc) is 2.46. The maximum Gasteiger partial charge on any atom is 0.354 e. The van der Waals surface area contributed by atoms with E-state index in [9.17, 15) is 4.79 Å². The molecule has 0 fully saturated rings. The van der Waals surface area contributed by atoms with Crippen molar-refractivity contribution in [1.82, 2.24) is 4.57 Å². The van der Waals surface area contributed by atoms with E-state index in [0.717, 1.165) is 0 Å². The minimum Gasteiger partial charge on any atom is -0.464 e. The number of methoxy groups -OCH3 is 1. The Labute approximate surface area is 81.3 Å². The summed E-state index contributed by atoms with van der Waals surface area (Å²) in [6.45, 7) is 0. The van der Waals surface area contributed by atoms with Gasteiger partial charge in [0.1, 0.15) is 10.7 Å².